The van der Waals surface area contributed by atoms with Gasteiger partial charge in [0, 0.05) is 0 Å². The minimum atomic E-state index is -1.22. The van der Waals surface area contributed by atoms with Gasteiger partial charge in [0.15, 0.2) is 0 Å². The van der Waals surface area contributed by atoms with E-state index in [0.717, 1.165) is 0 Å². The van der Waals surface area contributed by atoms with Gasteiger partial charge in [-0.15, -0.1) is 0 Å². The molecule has 3 N–H and O–H groups in total. The first-order chi connectivity index (χ1) is 4.09. The van der Waals surface area contributed by atoms with Crippen molar-refractivity contribution in [1.82, 2.24) is 0 Å². The summed E-state index contributed by atoms with van der Waals surface area (Å²) in [6.45, 7) is 0. The van der Waals surface area contributed by atoms with Crippen LogP contribution in [0.25, 0.3) is 0 Å². The van der Waals surface area contributed by atoms with E-state index < -0.39 is 17.3 Å². The Hall–Kier alpha value is -0.550. The minimum Gasteiger partial charge on any atom is -0.480 e. The predicted molar refractivity (Wildman–Crippen MR) is 34.4 cm³/mol. The van der Waals surface area contributed by atoms with Gasteiger partial charge in [-0.05, 0) is 0 Å². The van der Waals surface area contributed by atoms with Crippen molar-refractivity contribution in [2.24, 2.45) is 5.73 Å². The third-order valence-electron chi connectivity index (χ3n) is 0.793. The Labute approximate surface area is 57.4 Å². The molecule has 0 aliphatic heterocycles. The van der Waals surface area contributed by atoms with Gasteiger partial charge in [0.05, 0.1) is 5.25 Å². The predicted octanol–water partition coefficient (Wildman–Crippen LogP) is -1.10. The number of thiol groups is 1. The number of hydrogen-bond acceptors (Lipinski definition) is 4. The maximum absolute atomic E-state index is 9.97. The van der Waals surface area contributed by atoms with Gasteiger partial charge in [0.2, 0.25) is 0 Å². The summed E-state index contributed by atoms with van der Waals surface area (Å²) in [4.78, 5) is 19.8. The Kier molecular flexibility index (Phi) is 3.26. The van der Waals surface area contributed by atoms with Crippen LogP contribution in [0.5, 0.6) is 0 Å². The lowest BCUT2D eigenvalue weighted by atomic mass is 10.2. The first-order valence-electron chi connectivity index (χ1n) is 2.21. The SMILES string of the molecule is N[C@H](C(=O)O)[C@H](S)C=O. The van der Waals surface area contributed by atoms with Crippen LogP contribution in [0.3, 0.4) is 0 Å². The van der Waals surface area contributed by atoms with E-state index in [9.17, 15) is 9.59 Å². The number of carbonyl (C=O) groups excluding carboxylic acids is 1. The van der Waals surface area contributed by atoms with E-state index in [-0.39, 0.29) is 0 Å². The van der Waals surface area contributed by atoms with Gasteiger partial charge >= 0.3 is 5.97 Å². The molecule has 52 valence electrons. The number of aldehydes is 1. The molecule has 0 saturated heterocycles. The molecule has 0 aromatic carbocycles. The van der Waals surface area contributed by atoms with E-state index in [1.165, 1.54) is 0 Å². The summed E-state index contributed by atoms with van der Waals surface area (Å²) >= 11 is 3.59. The van der Waals surface area contributed by atoms with Crippen LogP contribution < -0.4 is 5.73 Å². The first-order valence-corrected chi connectivity index (χ1v) is 2.73. The molecule has 0 spiro atoms. The van der Waals surface area contributed by atoms with E-state index in [1.807, 2.05) is 0 Å². The summed E-state index contributed by atoms with van der Waals surface area (Å²) in [5.41, 5.74) is 4.96. The van der Waals surface area contributed by atoms with E-state index in [2.05, 4.69) is 12.6 Å². The maximum Gasteiger partial charge on any atom is 0.322 e. The second-order valence-electron chi connectivity index (χ2n) is 1.49. The summed E-state index contributed by atoms with van der Waals surface area (Å²) in [6, 6.07) is -1.20. The molecule has 0 aromatic heterocycles. The van der Waals surface area contributed by atoms with Crippen LogP contribution in [-0.2, 0) is 9.59 Å². The second-order valence-corrected chi connectivity index (χ2v) is 2.09. The number of hydrogen-bond donors (Lipinski definition) is 3. The molecule has 0 radical (unpaired) electrons. The topological polar surface area (TPSA) is 80.4 Å². The van der Waals surface area contributed by atoms with Crippen molar-refractivity contribution in [3.63, 3.8) is 0 Å². The number of carboxylic acid groups (broad SMARTS) is 1. The van der Waals surface area contributed by atoms with Crippen molar-refractivity contribution < 1.29 is 14.7 Å². The second kappa shape index (κ2) is 3.47. The molecule has 0 unspecified atom stereocenters. The molecule has 9 heavy (non-hydrogen) atoms. The monoisotopic (exact) mass is 149 g/mol. The number of aliphatic carboxylic acids is 1. The molecule has 4 nitrogen and oxygen atoms in total. The van der Waals surface area contributed by atoms with Gasteiger partial charge in [-0.1, -0.05) is 0 Å². The normalized spacial score (nSPS) is 16.2. The highest BCUT2D eigenvalue weighted by atomic mass is 32.1. The summed E-state index contributed by atoms with van der Waals surface area (Å²) in [6.07, 6.45) is 0.391. The number of carbonyl (C=O) groups is 2. The van der Waals surface area contributed by atoms with Crippen LogP contribution in [0.15, 0.2) is 0 Å². The summed E-state index contributed by atoms with van der Waals surface area (Å²) in [5, 5.41) is 7.24. The zero-order chi connectivity index (χ0) is 7.44. The molecule has 0 bridgehead atoms. The van der Waals surface area contributed by atoms with E-state index in [4.69, 9.17) is 10.8 Å². The molecular weight excluding hydrogens is 142 g/mol. The summed E-state index contributed by atoms with van der Waals surface area (Å²) in [5.74, 6) is -1.22. The minimum absolute atomic E-state index is 0.391. The van der Waals surface area contributed by atoms with Gasteiger partial charge in [0.25, 0.3) is 0 Å². The molecule has 0 fully saturated rings. The van der Waals surface area contributed by atoms with Gasteiger partial charge < -0.3 is 15.6 Å². The highest BCUT2D eigenvalue weighted by Gasteiger charge is 2.19. The van der Waals surface area contributed by atoms with Gasteiger partial charge in [-0.3, -0.25) is 4.79 Å². The molecule has 2 atom stereocenters. The van der Waals surface area contributed by atoms with Crippen LogP contribution in [0.2, 0.25) is 0 Å². The lowest BCUT2D eigenvalue weighted by Crippen LogP contribution is -2.39. The van der Waals surface area contributed by atoms with E-state index in [0.29, 0.717) is 6.29 Å². The van der Waals surface area contributed by atoms with Crippen LogP contribution in [0, 0.1) is 0 Å². The van der Waals surface area contributed by atoms with Gasteiger partial charge in [-0.2, -0.15) is 12.6 Å². The Bertz CT molecular complexity index is 127. The zero-order valence-corrected chi connectivity index (χ0v) is 5.41. The van der Waals surface area contributed by atoms with E-state index in [1.54, 1.807) is 0 Å². The average molecular weight is 149 g/mol. The fourth-order valence-electron chi connectivity index (χ4n) is 0.231. The number of nitrogens with two attached hydrogens (primary N) is 1. The van der Waals surface area contributed by atoms with Crippen molar-refractivity contribution in [3.8, 4) is 0 Å². The third kappa shape index (κ3) is 2.48. The fraction of sp³-hybridized carbons (Fsp3) is 0.500. The highest BCUT2D eigenvalue weighted by Crippen LogP contribution is 1.94. The molecular formula is C4H7NO3S. The molecule has 0 aliphatic rings. The number of rotatable bonds is 3. The Morgan fingerprint density at radius 1 is 1.78 bits per heavy atom. The van der Waals surface area contributed by atoms with Gasteiger partial charge in [0.1, 0.15) is 12.3 Å². The van der Waals surface area contributed by atoms with Gasteiger partial charge in [-0.25, -0.2) is 0 Å². The molecule has 0 saturated carbocycles. The molecule has 0 rings (SSSR count). The zero-order valence-electron chi connectivity index (χ0n) is 4.52. The van der Waals surface area contributed by atoms with Crippen LogP contribution in [-0.4, -0.2) is 28.7 Å². The third-order valence-corrected chi connectivity index (χ3v) is 1.24. The van der Waals surface area contributed by atoms with Crippen molar-refractivity contribution in [3.05, 3.63) is 0 Å². The van der Waals surface area contributed by atoms with Crippen molar-refractivity contribution in [2.45, 2.75) is 11.3 Å². The Morgan fingerprint density at radius 3 is 2.33 bits per heavy atom. The summed E-state index contributed by atoms with van der Waals surface area (Å²) in [7, 11) is 0. The largest absolute Gasteiger partial charge is 0.480 e. The number of carboxylic acids is 1. The lowest BCUT2D eigenvalue weighted by molar-refractivity contribution is -0.139. The molecule has 0 aliphatic carbocycles. The first kappa shape index (κ1) is 8.45. The Morgan fingerprint density at radius 2 is 2.22 bits per heavy atom. The lowest BCUT2D eigenvalue weighted by Gasteiger charge is -2.06. The fourth-order valence-corrected chi connectivity index (χ4v) is 0.358. The molecule has 0 amide bonds. The van der Waals surface area contributed by atoms with Crippen LogP contribution >= 0.6 is 12.6 Å². The standard InChI is InChI=1S/C4H7NO3S/c5-3(4(7)8)2(9)1-6/h1-3,9H,5H2,(H,7,8)/t2-,3+/m1/s1. The van der Waals surface area contributed by atoms with Crippen molar-refractivity contribution in [1.29, 1.82) is 0 Å². The quantitative estimate of drug-likeness (QED) is 0.351. The average Bonchev–Trinajstić information content (AvgIpc) is 1.84. The molecule has 5 heteroatoms. The summed E-state index contributed by atoms with van der Waals surface area (Å²) < 4.78 is 0. The maximum atomic E-state index is 9.97. The highest BCUT2D eigenvalue weighted by molar-refractivity contribution is 7.81. The van der Waals surface area contributed by atoms with Crippen molar-refractivity contribution in [2.75, 3.05) is 0 Å². The molecule has 0 heterocycles. The van der Waals surface area contributed by atoms with Crippen molar-refractivity contribution >= 4 is 24.9 Å². The van der Waals surface area contributed by atoms with Crippen LogP contribution in [0.4, 0.5) is 0 Å². The molecule has 0 aromatic rings. The van der Waals surface area contributed by atoms with Crippen LogP contribution in [0.1, 0.15) is 0 Å². The van der Waals surface area contributed by atoms with E-state index >= 15 is 0 Å². The Balaban J connectivity index is 3.86. The smallest absolute Gasteiger partial charge is 0.322 e.